The Balaban J connectivity index is 1.66. The third-order valence-electron chi connectivity index (χ3n) is 5.44. The molecule has 34 heavy (non-hydrogen) atoms. The first-order chi connectivity index (χ1) is 16.3. The average molecular weight is 529 g/mol. The number of nitrogens with two attached hydrogens (primary N) is 1. The Morgan fingerprint density at radius 1 is 1.18 bits per heavy atom. The van der Waals surface area contributed by atoms with Gasteiger partial charge in [-0.05, 0) is 55.3 Å². The van der Waals surface area contributed by atoms with Crippen molar-refractivity contribution in [2.24, 2.45) is 5.73 Å². The Kier molecular flexibility index (Phi) is 6.95. The van der Waals surface area contributed by atoms with E-state index in [0.29, 0.717) is 22.8 Å². The normalized spacial score (nSPS) is 12.1. The number of amides is 1. The van der Waals surface area contributed by atoms with Crippen molar-refractivity contribution in [3.8, 4) is 5.75 Å². The van der Waals surface area contributed by atoms with Gasteiger partial charge in [-0.15, -0.1) is 0 Å². The molecule has 1 unspecified atom stereocenters. The van der Waals surface area contributed by atoms with Crippen LogP contribution < -0.4 is 15.8 Å². The molecule has 176 valence electrons. The van der Waals surface area contributed by atoms with Gasteiger partial charge in [-0.1, -0.05) is 34.1 Å². The van der Waals surface area contributed by atoms with Gasteiger partial charge in [0.25, 0.3) is 5.91 Å². The first kappa shape index (κ1) is 23.8. The molecule has 6 nitrogen and oxygen atoms in total. The number of halogens is 3. The van der Waals surface area contributed by atoms with Crippen LogP contribution in [0.1, 0.15) is 38.9 Å². The molecule has 0 bridgehead atoms. The summed E-state index contributed by atoms with van der Waals surface area (Å²) in [6, 6.07) is 12.5. The van der Waals surface area contributed by atoms with Crippen molar-refractivity contribution in [3.63, 3.8) is 0 Å². The highest BCUT2D eigenvalue weighted by Gasteiger charge is 2.23. The van der Waals surface area contributed by atoms with Crippen LogP contribution >= 0.6 is 15.9 Å². The highest BCUT2D eigenvalue weighted by Crippen LogP contribution is 2.26. The molecule has 0 aliphatic rings. The lowest BCUT2D eigenvalue weighted by atomic mass is 10.1. The van der Waals surface area contributed by atoms with Crippen molar-refractivity contribution in [1.82, 2.24) is 14.7 Å². The lowest BCUT2D eigenvalue weighted by molar-refractivity contribution is 0.0931. The Labute approximate surface area is 203 Å². The fourth-order valence-corrected chi connectivity index (χ4v) is 4.20. The van der Waals surface area contributed by atoms with E-state index in [1.54, 1.807) is 23.6 Å². The molecule has 0 aliphatic carbocycles. The first-order valence-electron chi connectivity index (χ1n) is 10.6. The Hall–Kier alpha value is -3.30. The third-order valence-corrected chi connectivity index (χ3v) is 5.93. The number of aryl methyl sites for hydroxylation is 2. The van der Waals surface area contributed by atoms with E-state index in [4.69, 9.17) is 10.5 Å². The molecule has 0 spiro atoms. The summed E-state index contributed by atoms with van der Waals surface area (Å²) in [5.41, 5.74) is 8.59. The predicted molar refractivity (Wildman–Crippen MR) is 129 cm³/mol. The van der Waals surface area contributed by atoms with Gasteiger partial charge in [0, 0.05) is 17.2 Å². The Bertz CT molecular complexity index is 1350. The fourth-order valence-electron chi connectivity index (χ4n) is 3.79. The van der Waals surface area contributed by atoms with Crippen LogP contribution in [0.2, 0.25) is 0 Å². The number of fused-ring (bicyclic) bond motifs is 1. The number of nitrogens with one attached hydrogen (secondary N) is 1. The minimum Gasteiger partial charge on any atom is -0.485 e. The van der Waals surface area contributed by atoms with Crippen LogP contribution in [0.5, 0.6) is 5.75 Å². The van der Waals surface area contributed by atoms with Gasteiger partial charge in [0.2, 0.25) is 0 Å². The Morgan fingerprint density at radius 3 is 2.56 bits per heavy atom. The summed E-state index contributed by atoms with van der Waals surface area (Å²) in [7, 11) is 0. The van der Waals surface area contributed by atoms with E-state index < -0.39 is 17.7 Å². The summed E-state index contributed by atoms with van der Waals surface area (Å²) in [6.45, 7) is 3.44. The summed E-state index contributed by atoms with van der Waals surface area (Å²) >= 11 is 3.44. The summed E-state index contributed by atoms with van der Waals surface area (Å²) < 4.78 is 36.3. The van der Waals surface area contributed by atoms with E-state index in [1.165, 1.54) is 18.2 Å². The zero-order chi connectivity index (χ0) is 24.4. The number of pyridine rings is 1. The molecule has 0 saturated carbocycles. The third kappa shape index (κ3) is 4.80. The highest BCUT2D eigenvalue weighted by molar-refractivity contribution is 9.10. The number of hydrogen-bond donors (Lipinski definition) is 2. The van der Waals surface area contributed by atoms with Gasteiger partial charge in [-0.25, -0.2) is 13.8 Å². The molecule has 0 saturated heterocycles. The maximum Gasteiger partial charge on any atom is 0.270 e. The largest absolute Gasteiger partial charge is 0.485 e. The molecule has 2 aromatic heterocycles. The average Bonchev–Trinajstić information content (AvgIpc) is 3.12. The van der Waals surface area contributed by atoms with Crippen LogP contribution in [0.4, 0.5) is 8.78 Å². The molecule has 9 heteroatoms. The van der Waals surface area contributed by atoms with Crippen LogP contribution in [0, 0.1) is 25.5 Å². The lowest BCUT2D eigenvalue weighted by Gasteiger charge is -2.18. The monoisotopic (exact) mass is 528 g/mol. The van der Waals surface area contributed by atoms with Crippen molar-refractivity contribution in [2.45, 2.75) is 26.5 Å². The number of carbonyl (C=O) groups is 1. The number of benzene rings is 2. The molecule has 0 aliphatic heterocycles. The second-order valence-corrected chi connectivity index (χ2v) is 8.84. The maximum atomic E-state index is 14.0. The van der Waals surface area contributed by atoms with Gasteiger partial charge < -0.3 is 15.8 Å². The first-order valence-corrected chi connectivity index (χ1v) is 11.4. The molecule has 1 atom stereocenters. The SMILES string of the molecule is Cc1cc(OCc2c(F)cccc2F)c2nc(C)c(C(=O)NC(CN)c3cccc(Br)c3)n2c1. The van der Waals surface area contributed by atoms with Crippen LogP contribution in [0.3, 0.4) is 0 Å². The van der Waals surface area contributed by atoms with Crippen molar-refractivity contribution in [1.29, 1.82) is 0 Å². The number of imidazole rings is 1. The number of rotatable bonds is 7. The molecule has 2 heterocycles. The van der Waals surface area contributed by atoms with Crippen LogP contribution in [0.15, 0.2) is 59.2 Å². The van der Waals surface area contributed by atoms with Crippen LogP contribution in [0.25, 0.3) is 5.65 Å². The van der Waals surface area contributed by atoms with E-state index in [0.717, 1.165) is 15.6 Å². The standard InChI is InChI=1S/C25H23BrF2N4O2/c1-14-9-22(34-13-18-19(27)7-4-8-20(18)28)24-30-15(2)23(32(24)12-14)25(33)31-21(11-29)16-5-3-6-17(26)10-16/h3-10,12,21H,11,13,29H2,1-2H3,(H,31,33). The topological polar surface area (TPSA) is 81.6 Å². The molecule has 4 aromatic rings. The summed E-state index contributed by atoms with van der Waals surface area (Å²) in [5, 5.41) is 2.97. The summed E-state index contributed by atoms with van der Waals surface area (Å²) in [4.78, 5) is 17.8. The molecular weight excluding hydrogens is 506 g/mol. The van der Waals surface area contributed by atoms with Crippen LogP contribution in [-0.2, 0) is 6.61 Å². The Morgan fingerprint density at radius 2 is 1.88 bits per heavy atom. The highest BCUT2D eigenvalue weighted by atomic mass is 79.9. The van der Waals surface area contributed by atoms with E-state index in [-0.39, 0.29) is 24.6 Å². The van der Waals surface area contributed by atoms with E-state index in [2.05, 4.69) is 26.2 Å². The van der Waals surface area contributed by atoms with Gasteiger partial charge in [0.1, 0.15) is 23.9 Å². The van der Waals surface area contributed by atoms with Crippen molar-refractivity contribution < 1.29 is 18.3 Å². The second kappa shape index (κ2) is 9.90. The van der Waals surface area contributed by atoms with Crippen LogP contribution in [-0.4, -0.2) is 21.8 Å². The van der Waals surface area contributed by atoms with Gasteiger partial charge in [-0.2, -0.15) is 0 Å². The molecular formula is C25H23BrF2N4O2. The molecule has 4 rings (SSSR count). The summed E-state index contributed by atoms with van der Waals surface area (Å²) in [6.07, 6.45) is 1.76. The molecule has 1 amide bonds. The molecule has 0 radical (unpaired) electrons. The van der Waals surface area contributed by atoms with Gasteiger partial charge in [0.05, 0.1) is 17.3 Å². The zero-order valence-corrected chi connectivity index (χ0v) is 20.2. The van der Waals surface area contributed by atoms with E-state index in [1.807, 2.05) is 31.2 Å². The predicted octanol–water partition coefficient (Wildman–Crippen LogP) is 5.00. The molecule has 2 aromatic carbocycles. The maximum absolute atomic E-state index is 14.0. The quantitative estimate of drug-likeness (QED) is 0.353. The van der Waals surface area contributed by atoms with E-state index >= 15 is 0 Å². The number of hydrogen-bond acceptors (Lipinski definition) is 4. The van der Waals surface area contributed by atoms with Crippen molar-refractivity contribution in [3.05, 3.63) is 98.9 Å². The second-order valence-electron chi connectivity index (χ2n) is 7.93. The molecule has 3 N–H and O–H groups in total. The number of nitrogens with zero attached hydrogens (tertiary/aromatic N) is 2. The fraction of sp³-hybridized carbons (Fsp3) is 0.200. The lowest BCUT2D eigenvalue weighted by Crippen LogP contribution is -2.34. The van der Waals surface area contributed by atoms with E-state index in [9.17, 15) is 13.6 Å². The summed E-state index contributed by atoms with van der Waals surface area (Å²) in [5.74, 6) is -1.42. The van der Waals surface area contributed by atoms with Crippen molar-refractivity contribution >= 4 is 27.5 Å². The van der Waals surface area contributed by atoms with Gasteiger partial charge in [0.15, 0.2) is 11.4 Å². The van der Waals surface area contributed by atoms with Crippen molar-refractivity contribution in [2.75, 3.05) is 6.54 Å². The van der Waals surface area contributed by atoms with Gasteiger partial charge >= 0.3 is 0 Å². The number of ether oxygens (including phenoxy) is 1. The number of carbonyl (C=O) groups excluding carboxylic acids is 1. The smallest absolute Gasteiger partial charge is 0.270 e. The minimum atomic E-state index is -0.691. The minimum absolute atomic E-state index is 0.178. The molecule has 0 fully saturated rings. The van der Waals surface area contributed by atoms with Gasteiger partial charge in [-0.3, -0.25) is 9.20 Å². The number of aromatic nitrogens is 2. The zero-order valence-electron chi connectivity index (χ0n) is 18.6.